The van der Waals surface area contributed by atoms with Crippen molar-refractivity contribution in [3.63, 3.8) is 0 Å². The number of nitrogens with zero attached hydrogens (tertiary/aromatic N) is 2. The van der Waals surface area contributed by atoms with Crippen LogP contribution in [-0.2, 0) is 14.8 Å². The van der Waals surface area contributed by atoms with Gasteiger partial charge in [-0.2, -0.15) is 9.57 Å². The highest BCUT2D eigenvalue weighted by molar-refractivity contribution is 7.89. The van der Waals surface area contributed by atoms with E-state index < -0.39 is 10.0 Å². The minimum Gasteiger partial charge on any atom is -0.375 e. The summed E-state index contributed by atoms with van der Waals surface area (Å²) < 4.78 is 32.8. The second-order valence-electron chi connectivity index (χ2n) is 5.13. The van der Waals surface area contributed by atoms with Crippen LogP contribution in [0.4, 0.5) is 0 Å². The first kappa shape index (κ1) is 13.6. The Labute approximate surface area is 118 Å². The van der Waals surface area contributed by atoms with E-state index in [9.17, 15) is 8.42 Å². The molecule has 20 heavy (non-hydrogen) atoms. The molecule has 1 aliphatic carbocycles. The summed E-state index contributed by atoms with van der Waals surface area (Å²) in [4.78, 5) is 0.107. The predicted octanol–water partition coefficient (Wildman–Crippen LogP) is 1.50. The van der Waals surface area contributed by atoms with Gasteiger partial charge in [0.1, 0.15) is 6.07 Å². The highest BCUT2D eigenvalue weighted by Crippen LogP contribution is 2.33. The molecule has 1 heterocycles. The Morgan fingerprint density at radius 1 is 1.30 bits per heavy atom. The first-order valence-corrected chi connectivity index (χ1v) is 8.21. The predicted molar refractivity (Wildman–Crippen MR) is 72.4 cm³/mol. The zero-order valence-electron chi connectivity index (χ0n) is 11.0. The summed E-state index contributed by atoms with van der Waals surface area (Å²) >= 11 is 0. The number of hydrogen-bond donors (Lipinski definition) is 0. The molecule has 1 saturated heterocycles. The number of nitriles is 1. The number of rotatable bonds is 2. The van der Waals surface area contributed by atoms with Gasteiger partial charge in [0.2, 0.25) is 10.0 Å². The zero-order valence-corrected chi connectivity index (χ0v) is 11.8. The van der Waals surface area contributed by atoms with Gasteiger partial charge in [0.05, 0.1) is 29.2 Å². The molecule has 0 bridgehead atoms. The standard InChI is InChI=1S/C14H16N2O3S/c15-10-11-4-1-2-7-14(11)20(17,18)16-8-9-19-13-6-3-5-12(13)16/h1-2,4,7,12-13H,3,5-6,8-9H2. The van der Waals surface area contributed by atoms with E-state index in [-0.39, 0.29) is 22.6 Å². The largest absolute Gasteiger partial charge is 0.375 e. The third-order valence-corrected chi connectivity index (χ3v) is 6.01. The summed E-state index contributed by atoms with van der Waals surface area (Å²) in [6.07, 6.45) is 2.74. The van der Waals surface area contributed by atoms with Crippen molar-refractivity contribution in [2.45, 2.75) is 36.3 Å². The van der Waals surface area contributed by atoms with Crippen LogP contribution in [0.3, 0.4) is 0 Å². The molecule has 3 rings (SSSR count). The number of fused-ring (bicyclic) bond motifs is 1. The fourth-order valence-corrected chi connectivity index (χ4v) is 4.91. The van der Waals surface area contributed by atoms with Crippen LogP contribution in [0.2, 0.25) is 0 Å². The third kappa shape index (κ3) is 2.12. The molecule has 1 aliphatic heterocycles. The minimum atomic E-state index is -3.63. The van der Waals surface area contributed by atoms with Gasteiger partial charge in [-0.25, -0.2) is 8.42 Å². The Kier molecular flexibility index (Phi) is 3.50. The highest BCUT2D eigenvalue weighted by Gasteiger charge is 2.42. The van der Waals surface area contributed by atoms with Crippen molar-refractivity contribution in [1.29, 1.82) is 5.26 Å². The second-order valence-corrected chi connectivity index (χ2v) is 6.99. The Morgan fingerprint density at radius 3 is 2.90 bits per heavy atom. The van der Waals surface area contributed by atoms with Crippen molar-refractivity contribution >= 4 is 10.0 Å². The maximum Gasteiger partial charge on any atom is 0.244 e. The molecule has 1 aromatic carbocycles. The van der Waals surface area contributed by atoms with Crippen molar-refractivity contribution in [2.24, 2.45) is 0 Å². The SMILES string of the molecule is N#Cc1ccccc1S(=O)(=O)N1CCOC2CCCC21. The Bertz CT molecular complexity index is 651. The van der Waals surface area contributed by atoms with Crippen LogP contribution in [0.15, 0.2) is 29.2 Å². The fraction of sp³-hybridized carbons (Fsp3) is 0.500. The van der Waals surface area contributed by atoms with Gasteiger partial charge in [0.25, 0.3) is 0 Å². The molecule has 1 aromatic rings. The normalized spacial score (nSPS) is 26.9. The van der Waals surface area contributed by atoms with Crippen LogP contribution >= 0.6 is 0 Å². The van der Waals surface area contributed by atoms with Crippen molar-refractivity contribution in [3.8, 4) is 6.07 Å². The Balaban J connectivity index is 2.01. The van der Waals surface area contributed by atoms with E-state index in [1.54, 1.807) is 18.2 Å². The minimum absolute atomic E-state index is 0.00720. The summed E-state index contributed by atoms with van der Waals surface area (Å²) in [5, 5.41) is 9.11. The highest BCUT2D eigenvalue weighted by atomic mass is 32.2. The van der Waals surface area contributed by atoms with E-state index in [0.717, 1.165) is 19.3 Å². The average molecular weight is 292 g/mol. The lowest BCUT2D eigenvalue weighted by atomic mass is 10.2. The van der Waals surface area contributed by atoms with Crippen LogP contribution in [-0.4, -0.2) is 38.0 Å². The molecule has 5 nitrogen and oxygen atoms in total. The van der Waals surface area contributed by atoms with Crippen molar-refractivity contribution in [2.75, 3.05) is 13.2 Å². The lowest BCUT2D eigenvalue weighted by Gasteiger charge is -2.36. The van der Waals surface area contributed by atoms with Crippen molar-refractivity contribution < 1.29 is 13.2 Å². The summed E-state index contributed by atoms with van der Waals surface area (Å²) in [7, 11) is -3.63. The van der Waals surface area contributed by atoms with E-state index in [0.29, 0.717) is 13.2 Å². The van der Waals surface area contributed by atoms with E-state index in [1.165, 1.54) is 10.4 Å². The lowest BCUT2D eigenvalue weighted by Crippen LogP contribution is -2.51. The number of morpholine rings is 1. The number of sulfonamides is 1. The Morgan fingerprint density at radius 2 is 2.10 bits per heavy atom. The first-order valence-electron chi connectivity index (χ1n) is 6.77. The van der Waals surface area contributed by atoms with Crippen LogP contribution in [0.1, 0.15) is 24.8 Å². The molecule has 2 unspecified atom stereocenters. The van der Waals surface area contributed by atoms with Gasteiger partial charge in [-0.3, -0.25) is 0 Å². The van der Waals surface area contributed by atoms with Crippen molar-refractivity contribution in [3.05, 3.63) is 29.8 Å². The average Bonchev–Trinajstić information content (AvgIpc) is 2.95. The number of benzene rings is 1. The second kappa shape index (κ2) is 5.17. The molecule has 0 spiro atoms. The van der Waals surface area contributed by atoms with Gasteiger partial charge in [0, 0.05) is 6.54 Å². The number of hydrogen-bond acceptors (Lipinski definition) is 4. The van der Waals surface area contributed by atoms with E-state index in [4.69, 9.17) is 10.00 Å². The molecule has 0 aromatic heterocycles. The summed E-state index contributed by atoms with van der Waals surface area (Å²) in [5.74, 6) is 0. The molecular formula is C14H16N2O3S. The quantitative estimate of drug-likeness (QED) is 0.828. The smallest absolute Gasteiger partial charge is 0.244 e. The van der Waals surface area contributed by atoms with Crippen LogP contribution < -0.4 is 0 Å². The summed E-state index contributed by atoms with van der Waals surface area (Å²) in [6.45, 7) is 0.790. The summed E-state index contributed by atoms with van der Waals surface area (Å²) in [6, 6.07) is 8.26. The molecule has 1 saturated carbocycles. The molecule has 0 N–H and O–H groups in total. The van der Waals surface area contributed by atoms with Gasteiger partial charge in [-0.15, -0.1) is 0 Å². The van der Waals surface area contributed by atoms with Crippen molar-refractivity contribution in [1.82, 2.24) is 4.31 Å². The maximum absolute atomic E-state index is 12.8. The topological polar surface area (TPSA) is 70.4 Å². The van der Waals surface area contributed by atoms with Gasteiger partial charge in [-0.1, -0.05) is 12.1 Å². The van der Waals surface area contributed by atoms with Gasteiger partial charge < -0.3 is 4.74 Å². The monoisotopic (exact) mass is 292 g/mol. The third-order valence-electron chi connectivity index (χ3n) is 4.03. The molecule has 2 atom stereocenters. The van der Waals surface area contributed by atoms with E-state index >= 15 is 0 Å². The lowest BCUT2D eigenvalue weighted by molar-refractivity contribution is -0.0241. The van der Waals surface area contributed by atoms with Crippen LogP contribution in [0, 0.1) is 11.3 Å². The molecule has 2 aliphatic rings. The maximum atomic E-state index is 12.8. The Hall–Kier alpha value is -1.42. The molecule has 6 heteroatoms. The van der Waals surface area contributed by atoms with E-state index in [1.807, 2.05) is 6.07 Å². The summed E-state index contributed by atoms with van der Waals surface area (Å²) in [5.41, 5.74) is 0.202. The fourth-order valence-electron chi connectivity index (χ4n) is 3.10. The molecule has 2 fully saturated rings. The molecule has 106 valence electrons. The first-order chi connectivity index (χ1) is 9.64. The molecule has 0 radical (unpaired) electrons. The molecular weight excluding hydrogens is 276 g/mol. The van der Waals surface area contributed by atoms with Gasteiger partial charge in [-0.05, 0) is 31.4 Å². The number of ether oxygens (including phenoxy) is 1. The van der Waals surface area contributed by atoms with E-state index in [2.05, 4.69) is 0 Å². The van der Waals surface area contributed by atoms with Gasteiger partial charge >= 0.3 is 0 Å². The zero-order chi connectivity index (χ0) is 14.2. The molecule has 0 amide bonds. The van der Waals surface area contributed by atoms with Crippen LogP contribution in [0.25, 0.3) is 0 Å². The van der Waals surface area contributed by atoms with Crippen LogP contribution in [0.5, 0.6) is 0 Å². The van der Waals surface area contributed by atoms with Gasteiger partial charge in [0.15, 0.2) is 0 Å².